The molecule has 0 spiro atoms. The molecule has 2 aromatic rings. The highest BCUT2D eigenvalue weighted by atomic mass is 35.5. The molecule has 1 aromatic heterocycles. The topological polar surface area (TPSA) is 68.0 Å². The molecule has 0 aliphatic heterocycles. The fourth-order valence-electron chi connectivity index (χ4n) is 4.45. The number of nitrogens with two attached hydrogens (primary N) is 1. The lowest BCUT2D eigenvalue weighted by molar-refractivity contribution is -0.122. The van der Waals surface area contributed by atoms with Crippen molar-refractivity contribution in [2.75, 3.05) is 5.32 Å². The molecule has 1 amide bonds. The Morgan fingerprint density at radius 1 is 1.19 bits per heavy atom. The number of carbonyl (C=O) groups excluding carboxylic acids is 1. The third-order valence-electron chi connectivity index (χ3n) is 5.79. The fraction of sp³-hybridized carbons (Fsp3) is 0.500. The van der Waals surface area contributed by atoms with Crippen molar-refractivity contribution >= 4 is 34.8 Å². The van der Waals surface area contributed by atoms with Crippen LogP contribution in [-0.2, 0) is 11.2 Å². The normalized spacial score (nSPS) is 27.4. The smallest absolute Gasteiger partial charge is 0.229 e. The third-order valence-corrected chi connectivity index (χ3v) is 6.70. The second-order valence-electron chi connectivity index (χ2n) is 7.48. The molecule has 2 bridgehead atoms. The number of anilines is 1. The lowest BCUT2D eigenvalue weighted by Gasteiger charge is -2.43. The largest absolute Gasteiger partial charge is 0.327 e. The zero-order chi connectivity index (χ0) is 17.2. The molecule has 1 heterocycles. The van der Waals surface area contributed by atoms with Gasteiger partial charge in [-0.15, -0.1) is 23.7 Å². The Morgan fingerprint density at radius 3 is 2.58 bits per heavy atom. The van der Waals surface area contributed by atoms with Crippen molar-refractivity contribution < 1.29 is 4.79 Å². The van der Waals surface area contributed by atoms with Gasteiger partial charge in [-0.05, 0) is 43.1 Å². The second kappa shape index (κ2) is 8.51. The zero-order valence-electron chi connectivity index (χ0n) is 14.8. The van der Waals surface area contributed by atoms with Gasteiger partial charge in [-0.25, -0.2) is 4.98 Å². The molecule has 4 rings (SSSR count). The van der Waals surface area contributed by atoms with E-state index in [1.165, 1.54) is 29.7 Å². The minimum atomic E-state index is 0. The molecule has 6 heteroatoms. The highest BCUT2D eigenvalue weighted by Gasteiger charge is 2.40. The first-order valence-electron chi connectivity index (χ1n) is 9.24. The summed E-state index contributed by atoms with van der Waals surface area (Å²) in [5.74, 6) is 1.27. The number of hydrogen-bond donors (Lipinski definition) is 2. The summed E-state index contributed by atoms with van der Waals surface area (Å²) in [6.07, 6.45) is 8.24. The number of thiazole rings is 1. The number of nitrogens with zero attached hydrogens (tertiary/aromatic N) is 1. The first-order chi connectivity index (χ1) is 12.2. The molecule has 2 aliphatic carbocycles. The van der Waals surface area contributed by atoms with Crippen LogP contribution in [0.25, 0.3) is 0 Å². The minimum absolute atomic E-state index is 0. The number of halogens is 1. The maximum absolute atomic E-state index is 12.7. The van der Waals surface area contributed by atoms with Gasteiger partial charge in [0, 0.05) is 29.5 Å². The first kappa shape index (κ1) is 19.3. The van der Waals surface area contributed by atoms with E-state index in [0.717, 1.165) is 24.4 Å². The van der Waals surface area contributed by atoms with E-state index in [1.807, 2.05) is 24.4 Å². The lowest BCUT2D eigenvalue weighted by Crippen LogP contribution is -2.48. The Hall–Kier alpha value is -1.43. The number of fused-ring (bicyclic) bond motifs is 2. The van der Waals surface area contributed by atoms with Crippen molar-refractivity contribution in [2.45, 2.75) is 44.6 Å². The molecular formula is C20H26ClN3OS. The Morgan fingerprint density at radius 2 is 1.88 bits per heavy atom. The van der Waals surface area contributed by atoms with Crippen LogP contribution in [0, 0.1) is 17.8 Å². The van der Waals surface area contributed by atoms with E-state index < -0.39 is 0 Å². The number of hydrogen-bond acceptors (Lipinski definition) is 4. The Bertz CT molecular complexity index is 722. The summed E-state index contributed by atoms with van der Waals surface area (Å²) in [7, 11) is 0. The molecule has 2 saturated carbocycles. The number of nitrogens with one attached hydrogen (secondary N) is 1. The van der Waals surface area contributed by atoms with Gasteiger partial charge < -0.3 is 11.1 Å². The molecule has 26 heavy (non-hydrogen) atoms. The van der Waals surface area contributed by atoms with Crippen LogP contribution in [-0.4, -0.2) is 16.9 Å². The van der Waals surface area contributed by atoms with Crippen LogP contribution in [0.3, 0.4) is 0 Å². The van der Waals surface area contributed by atoms with Crippen LogP contribution in [0.5, 0.6) is 0 Å². The maximum atomic E-state index is 12.7. The highest BCUT2D eigenvalue weighted by Crippen LogP contribution is 2.42. The summed E-state index contributed by atoms with van der Waals surface area (Å²) < 4.78 is 0. The van der Waals surface area contributed by atoms with Gasteiger partial charge in [0.05, 0.1) is 0 Å². The van der Waals surface area contributed by atoms with Crippen molar-refractivity contribution in [3.8, 4) is 0 Å². The van der Waals surface area contributed by atoms with Gasteiger partial charge in [0.2, 0.25) is 5.91 Å². The minimum Gasteiger partial charge on any atom is -0.327 e. The van der Waals surface area contributed by atoms with E-state index in [0.29, 0.717) is 17.9 Å². The van der Waals surface area contributed by atoms with Gasteiger partial charge in [0.1, 0.15) is 0 Å². The number of amides is 1. The molecule has 2 fully saturated rings. The number of benzene rings is 1. The van der Waals surface area contributed by atoms with Crippen molar-refractivity contribution in [3.63, 3.8) is 0 Å². The third kappa shape index (κ3) is 4.27. The molecule has 0 saturated heterocycles. The molecule has 2 unspecified atom stereocenters. The van der Waals surface area contributed by atoms with E-state index in [1.54, 1.807) is 11.3 Å². The van der Waals surface area contributed by atoms with Crippen LogP contribution in [0.2, 0.25) is 0 Å². The van der Waals surface area contributed by atoms with Gasteiger partial charge in [-0.2, -0.15) is 0 Å². The molecule has 140 valence electrons. The molecular weight excluding hydrogens is 366 g/mol. The van der Waals surface area contributed by atoms with E-state index in [4.69, 9.17) is 5.73 Å². The van der Waals surface area contributed by atoms with Crippen molar-refractivity contribution in [1.82, 2.24) is 4.98 Å². The summed E-state index contributed by atoms with van der Waals surface area (Å²) in [5.41, 5.74) is 7.60. The predicted octanol–water partition coefficient (Wildman–Crippen LogP) is 4.25. The average Bonchev–Trinajstić information content (AvgIpc) is 3.02. The van der Waals surface area contributed by atoms with Crippen LogP contribution in [0.15, 0.2) is 36.5 Å². The lowest BCUT2D eigenvalue weighted by atomic mass is 9.65. The van der Waals surface area contributed by atoms with E-state index in [2.05, 4.69) is 22.4 Å². The van der Waals surface area contributed by atoms with Crippen molar-refractivity contribution in [1.29, 1.82) is 0 Å². The van der Waals surface area contributed by atoms with E-state index in [9.17, 15) is 4.79 Å². The molecule has 4 nitrogen and oxygen atoms in total. The SMILES string of the molecule is Cl.NC1C2CCCC1CC(C(=O)Nc1ncc(Cc3ccccc3)s1)C2. The average molecular weight is 392 g/mol. The summed E-state index contributed by atoms with van der Waals surface area (Å²) in [4.78, 5) is 18.3. The summed E-state index contributed by atoms with van der Waals surface area (Å²) >= 11 is 1.57. The molecule has 2 atom stereocenters. The number of rotatable bonds is 4. The molecule has 3 N–H and O–H groups in total. The maximum Gasteiger partial charge on any atom is 0.229 e. The monoisotopic (exact) mass is 391 g/mol. The summed E-state index contributed by atoms with van der Waals surface area (Å²) in [6, 6.07) is 10.6. The van der Waals surface area contributed by atoms with Gasteiger partial charge in [-0.3, -0.25) is 4.79 Å². The second-order valence-corrected chi connectivity index (χ2v) is 8.60. The summed E-state index contributed by atoms with van der Waals surface area (Å²) in [5, 5.41) is 3.77. The molecule has 0 radical (unpaired) electrons. The predicted molar refractivity (Wildman–Crippen MR) is 109 cm³/mol. The van der Waals surface area contributed by atoms with Crippen molar-refractivity contribution in [2.24, 2.45) is 23.5 Å². The summed E-state index contributed by atoms with van der Waals surface area (Å²) in [6.45, 7) is 0. The Balaban J connectivity index is 0.00000196. The van der Waals surface area contributed by atoms with Gasteiger partial charge in [-0.1, -0.05) is 36.8 Å². The quantitative estimate of drug-likeness (QED) is 0.818. The van der Waals surface area contributed by atoms with E-state index in [-0.39, 0.29) is 24.2 Å². The first-order valence-corrected chi connectivity index (χ1v) is 10.1. The number of carbonyl (C=O) groups is 1. The van der Waals surface area contributed by atoms with Gasteiger partial charge in [0.25, 0.3) is 0 Å². The van der Waals surface area contributed by atoms with Gasteiger partial charge in [0.15, 0.2) is 5.13 Å². The molecule has 2 aliphatic rings. The van der Waals surface area contributed by atoms with Crippen LogP contribution in [0.4, 0.5) is 5.13 Å². The molecule has 1 aromatic carbocycles. The van der Waals surface area contributed by atoms with Gasteiger partial charge >= 0.3 is 0 Å². The van der Waals surface area contributed by atoms with Crippen LogP contribution in [0.1, 0.15) is 42.5 Å². The Labute approximate surface area is 165 Å². The van der Waals surface area contributed by atoms with Crippen LogP contribution < -0.4 is 11.1 Å². The number of aromatic nitrogens is 1. The zero-order valence-corrected chi connectivity index (χ0v) is 16.4. The van der Waals surface area contributed by atoms with Crippen molar-refractivity contribution in [3.05, 3.63) is 47.0 Å². The van der Waals surface area contributed by atoms with Crippen LogP contribution >= 0.6 is 23.7 Å². The highest BCUT2D eigenvalue weighted by molar-refractivity contribution is 7.15. The van der Waals surface area contributed by atoms with E-state index >= 15 is 0 Å². The Kier molecular flexibility index (Phi) is 6.33. The fourth-order valence-corrected chi connectivity index (χ4v) is 5.30. The standard InChI is InChI=1S/C20H25N3OS.ClH/c21-18-14-7-4-8-15(18)11-16(10-14)19(24)23-20-22-12-17(25-20)9-13-5-2-1-3-6-13;/h1-3,5-6,12,14-16,18H,4,7-11,21H2,(H,22,23,24);1H.